The Morgan fingerprint density at radius 1 is 1.10 bits per heavy atom. The highest BCUT2D eigenvalue weighted by Crippen LogP contribution is 2.40. The lowest BCUT2D eigenvalue weighted by atomic mass is 9.94. The number of piperidine rings is 1. The van der Waals surface area contributed by atoms with Crippen LogP contribution in [0.4, 0.5) is 0 Å². The summed E-state index contributed by atoms with van der Waals surface area (Å²) in [6.45, 7) is -0.198. The minimum atomic E-state index is -1.50. The molecule has 2 aliphatic rings. The summed E-state index contributed by atoms with van der Waals surface area (Å²) < 4.78 is 0. The van der Waals surface area contributed by atoms with Crippen molar-refractivity contribution in [3.8, 4) is 11.3 Å². The molecule has 0 radical (unpaired) electrons. The molecule has 2 aromatic rings. The minimum absolute atomic E-state index is 0.0513. The Bertz CT molecular complexity index is 1010. The van der Waals surface area contributed by atoms with Crippen LogP contribution in [0.25, 0.3) is 11.3 Å². The Labute approximate surface area is 179 Å². The first kappa shape index (κ1) is 20.7. The second kappa shape index (κ2) is 8.67. The summed E-state index contributed by atoms with van der Waals surface area (Å²) in [5.41, 5.74) is 3.99. The Balaban J connectivity index is 1.41. The van der Waals surface area contributed by atoms with E-state index in [2.05, 4.69) is 34.6 Å². The van der Waals surface area contributed by atoms with Gasteiger partial charge >= 0.3 is 5.97 Å². The van der Waals surface area contributed by atoms with E-state index in [1.54, 1.807) is 6.20 Å². The minimum Gasteiger partial charge on any atom is -0.480 e. The number of nitrogens with zero attached hydrogens (tertiary/aromatic N) is 2. The molecule has 1 aliphatic carbocycles. The van der Waals surface area contributed by atoms with E-state index in [0.717, 1.165) is 16.8 Å². The van der Waals surface area contributed by atoms with Crippen molar-refractivity contribution in [2.45, 2.75) is 31.7 Å². The number of aromatic nitrogens is 1. The number of ketones is 1. The van der Waals surface area contributed by atoms with Crippen molar-refractivity contribution in [2.75, 3.05) is 13.1 Å². The zero-order valence-corrected chi connectivity index (χ0v) is 16.9. The van der Waals surface area contributed by atoms with Crippen LogP contribution >= 0.6 is 0 Å². The summed E-state index contributed by atoms with van der Waals surface area (Å²) in [6, 6.07) is 12.2. The van der Waals surface area contributed by atoms with Gasteiger partial charge < -0.3 is 15.3 Å². The van der Waals surface area contributed by atoms with E-state index >= 15 is 0 Å². The number of Topliss-reactive ketones (excluding diaryl/α,β-unsaturated/α-hetero) is 1. The second-order valence-electron chi connectivity index (χ2n) is 7.97. The summed E-state index contributed by atoms with van der Waals surface area (Å²) in [5, 5.41) is 10.8. The van der Waals surface area contributed by atoms with E-state index in [4.69, 9.17) is 5.11 Å². The summed E-state index contributed by atoms with van der Waals surface area (Å²) in [6.07, 6.45) is 4.26. The molecular formula is C23H23N3O5. The van der Waals surface area contributed by atoms with E-state index in [0.29, 0.717) is 5.92 Å². The Hall–Kier alpha value is -3.55. The molecular weight excluding hydrogens is 398 g/mol. The third-order valence-electron chi connectivity index (χ3n) is 5.64. The second-order valence-corrected chi connectivity index (χ2v) is 7.97. The fourth-order valence-electron chi connectivity index (χ4n) is 3.75. The average molecular weight is 421 g/mol. The molecule has 8 heteroatoms. The van der Waals surface area contributed by atoms with Crippen molar-refractivity contribution in [3.05, 3.63) is 53.7 Å². The van der Waals surface area contributed by atoms with Gasteiger partial charge in [-0.15, -0.1) is 0 Å². The zero-order valence-electron chi connectivity index (χ0n) is 16.9. The predicted molar refractivity (Wildman–Crippen MR) is 111 cm³/mol. The molecule has 1 saturated heterocycles. The van der Waals surface area contributed by atoms with Crippen LogP contribution in [0.1, 0.15) is 36.3 Å². The number of benzene rings is 1. The number of hydrogen-bond acceptors (Lipinski definition) is 5. The van der Waals surface area contributed by atoms with Crippen LogP contribution in [0, 0.1) is 5.92 Å². The quantitative estimate of drug-likeness (QED) is 0.658. The lowest BCUT2D eigenvalue weighted by Crippen LogP contribution is -2.52. The fraction of sp³-hybridized carbons (Fsp3) is 0.348. The summed E-state index contributed by atoms with van der Waals surface area (Å²) in [4.78, 5) is 53.5. The largest absolute Gasteiger partial charge is 0.480 e. The van der Waals surface area contributed by atoms with Crippen LogP contribution in [0.3, 0.4) is 0 Å². The maximum absolute atomic E-state index is 12.7. The third-order valence-corrected chi connectivity index (χ3v) is 5.64. The maximum atomic E-state index is 12.7. The number of likely N-dealkylation sites (tertiary alicyclic amines) is 1. The van der Waals surface area contributed by atoms with E-state index in [-0.39, 0.29) is 19.5 Å². The first-order valence-corrected chi connectivity index (χ1v) is 10.3. The molecule has 160 valence electrons. The van der Waals surface area contributed by atoms with Gasteiger partial charge in [0.25, 0.3) is 0 Å². The van der Waals surface area contributed by atoms with Gasteiger partial charge in [0.2, 0.25) is 11.8 Å². The first-order valence-electron chi connectivity index (χ1n) is 10.3. The monoisotopic (exact) mass is 421 g/mol. The van der Waals surface area contributed by atoms with Gasteiger partial charge in [-0.05, 0) is 36.0 Å². The molecule has 31 heavy (non-hydrogen) atoms. The Morgan fingerprint density at radius 2 is 1.84 bits per heavy atom. The van der Waals surface area contributed by atoms with Gasteiger partial charge in [0, 0.05) is 31.3 Å². The SMILES string of the molecule is O=C(O)CNC(=O)C1C(=O)CCN(Cc2ccc(-c3ccc(C4CC4)cc3)nc2)C1=O. The standard InChI is InChI=1S/C23H23N3O5/c27-19-9-10-26(23(31)21(19)22(30)25-12-20(28)29)13-14-1-8-18(24-11-14)17-6-4-16(5-7-17)15-2-3-15/h1,4-8,11,15,21H,2-3,9-10,12-13H2,(H,25,30)(H,28,29). The summed E-state index contributed by atoms with van der Waals surface area (Å²) >= 11 is 0. The molecule has 8 nitrogen and oxygen atoms in total. The van der Waals surface area contributed by atoms with Crippen LogP contribution in [0.2, 0.25) is 0 Å². The number of carboxylic acids is 1. The summed E-state index contributed by atoms with van der Waals surface area (Å²) in [7, 11) is 0. The number of carbonyl (C=O) groups excluding carboxylic acids is 3. The number of nitrogens with one attached hydrogen (secondary N) is 1. The van der Waals surface area contributed by atoms with E-state index in [9.17, 15) is 19.2 Å². The van der Waals surface area contributed by atoms with Crippen molar-refractivity contribution in [1.29, 1.82) is 0 Å². The molecule has 1 unspecified atom stereocenters. The van der Waals surface area contributed by atoms with Crippen LogP contribution in [-0.2, 0) is 25.7 Å². The fourth-order valence-corrected chi connectivity index (χ4v) is 3.75. The highest BCUT2D eigenvalue weighted by molar-refractivity contribution is 6.19. The molecule has 2 heterocycles. The lowest BCUT2D eigenvalue weighted by molar-refractivity contribution is -0.152. The number of pyridine rings is 1. The van der Waals surface area contributed by atoms with Gasteiger partial charge in [0.15, 0.2) is 11.7 Å². The lowest BCUT2D eigenvalue weighted by Gasteiger charge is -2.30. The van der Waals surface area contributed by atoms with E-state index < -0.39 is 36.0 Å². The number of aliphatic carboxylic acids is 1. The molecule has 2 fully saturated rings. The molecule has 4 rings (SSSR count). The number of carbonyl (C=O) groups is 4. The highest BCUT2D eigenvalue weighted by atomic mass is 16.4. The zero-order chi connectivity index (χ0) is 22.0. The molecule has 1 saturated carbocycles. The molecule has 1 aromatic carbocycles. The van der Waals surface area contributed by atoms with Crippen molar-refractivity contribution >= 4 is 23.6 Å². The van der Waals surface area contributed by atoms with Gasteiger partial charge in [0.05, 0.1) is 5.69 Å². The van der Waals surface area contributed by atoms with Gasteiger partial charge in [-0.2, -0.15) is 0 Å². The number of amides is 2. The van der Waals surface area contributed by atoms with Gasteiger partial charge in [0.1, 0.15) is 6.54 Å². The molecule has 0 spiro atoms. The smallest absolute Gasteiger partial charge is 0.322 e. The molecule has 2 N–H and O–H groups in total. The van der Waals surface area contributed by atoms with Gasteiger partial charge in [-0.3, -0.25) is 24.2 Å². The molecule has 1 atom stereocenters. The molecule has 2 amide bonds. The normalized spacial score (nSPS) is 18.7. The van der Waals surface area contributed by atoms with E-state index in [1.165, 1.54) is 23.3 Å². The Morgan fingerprint density at radius 3 is 2.45 bits per heavy atom. The Kier molecular flexibility index (Phi) is 5.79. The highest BCUT2D eigenvalue weighted by Gasteiger charge is 2.40. The van der Waals surface area contributed by atoms with Gasteiger partial charge in [-0.1, -0.05) is 30.3 Å². The first-order chi connectivity index (χ1) is 14.9. The number of hydrogen-bond donors (Lipinski definition) is 2. The maximum Gasteiger partial charge on any atom is 0.322 e. The van der Waals surface area contributed by atoms with Crippen LogP contribution in [0.15, 0.2) is 42.6 Å². The van der Waals surface area contributed by atoms with Gasteiger partial charge in [-0.25, -0.2) is 0 Å². The summed E-state index contributed by atoms with van der Waals surface area (Å²) in [5.74, 6) is -4.01. The predicted octanol–water partition coefficient (Wildman–Crippen LogP) is 1.74. The third kappa shape index (κ3) is 4.79. The van der Waals surface area contributed by atoms with Crippen molar-refractivity contribution in [3.63, 3.8) is 0 Å². The van der Waals surface area contributed by atoms with Crippen LogP contribution < -0.4 is 5.32 Å². The number of rotatable bonds is 7. The van der Waals surface area contributed by atoms with Crippen molar-refractivity contribution < 1.29 is 24.3 Å². The van der Waals surface area contributed by atoms with Crippen LogP contribution in [-0.4, -0.2) is 51.6 Å². The number of carboxylic acid groups (broad SMARTS) is 1. The van der Waals surface area contributed by atoms with Crippen molar-refractivity contribution in [1.82, 2.24) is 15.2 Å². The van der Waals surface area contributed by atoms with Crippen LogP contribution in [0.5, 0.6) is 0 Å². The van der Waals surface area contributed by atoms with E-state index in [1.807, 2.05) is 12.1 Å². The van der Waals surface area contributed by atoms with Crippen molar-refractivity contribution in [2.24, 2.45) is 5.92 Å². The molecule has 0 bridgehead atoms. The average Bonchev–Trinajstić information content (AvgIpc) is 3.60. The molecule has 1 aromatic heterocycles. The topological polar surface area (TPSA) is 117 Å². The molecule has 1 aliphatic heterocycles.